The third kappa shape index (κ3) is 3.01. The Morgan fingerprint density at radius 2 is 1.83 bits per heavy atom. The molecule has 0 spiro atoms. The van der Waals surface area contributed by atoms with E-state index in [4.69, 9.17) is 5.90 Å². The summed E-state index contributed by atoms with van der Waals surface area (Å²) in [5.74, 6) is 4.08. The van der Waals surface area contributed by atoms with E-state index in [0.717, 1.165) is 33.4 Å². The minimum absolute atomic E-state index is 0.0179. The fourth-order valence-corrected chi connectivity index (χ4v) is 3.00. The van der Waals surface area contributed by atoms with E-state index in [1.54, 1.807) is 6.07 Å². The Labute approximate surface area is 140 Å². The predicted molar refractivity (Wildman–Crippen MR) is 92.9 cm³/mol. The number of rotatable bonds is 3. The van der Waals surface area contributed by atoms with Gasteiger partial charge in [-0.15, -0.1) is 0 Å². The third-order valence-corrected chi connectivity index (χ3v) is 4.29. The van der Waals surface area contributed by atoms with Gasteiger partial charge in [-0.1, -0.05) is 35.9 Å². The normalized spacial score (nSPS) is 14.9. The summed E-state index contributed by atoms with van der Waals surface area (Å²) in [5, 5.41) is 0. The summed E-state index contributed by atoms with van der Waals surface area (Å²) in [7, 11) is 0. The van der Waals surface area contributed by atoms with Crippen molar-refractivity contribution in [1.82, 2.24) is 0 Å². The Hall–Kier alpha value is -2.72. The second kappa shape index (κ2) is 6.42. The van der Waals surface area contributed by atoms with E-state index in [9.17, 15) is 9.18 Å². The zero-order valence-electron chi connectivity index (χ0n) is 13.6. The van der Waals surface area contributed by atoms with Gasteiger partial charge in [0.1, 0.15) is 5.82 Å². The number of hydrogen-bond acceptors (Lipinski definition) is 3. The summed E-state index contributed by atoms with van der Waals surface area (Å²) in [6.07, 6.45) is 2.07. The maximum absolute atomic E-state index is 13.7. The molecule has 0 atom stereocenters. The van der Waals surface area contributed by atoms with Crippen molar-refractivity contribution in [2.24, 2.45) is 5.90 Å². The molecule has 2 N–H and O–H groups in total. The van der Waals surface area contributed by atoms with Crippen molar-refractivity contribution in [2.45, 2.75) is 20.3 Å². The number of fused-ring (bicyclic) bond motifs is 1. The van der Waals surface area contributed by atoms with Crippen LogP contribution < -0.4 is 5.90 Å². The van der Waals surface area contributed by atoms with Crippen LogP contribution >= 0.6 is 0 Å². The van der Waals surface area contributed by atoms with E-state index in [2.05, 4.69) is 4.84 Å². The molecule has 122 valence electrons. The van der Waals surface area contributed by atoms with Gasteiger partial charge in [0.2, 0.25) is 0 Å². The van der Waals surface area contributed by atoms with Crippen molar-refractivity contribution < 1.29 is 14.0 Å². The van der Waals surface area contributed by atoms with Crippen LogP contribution in [-0.4, -0.2) is 5.97 Å². The summed E-state index contributed by atoms with van der Waals surface area (Å²) < 4.78 is 13.7. The Balaban J connectivity index is 2.12. The van der Waals surface area contributed by atoms with E-state index < -0.39 is 5.97 Å². The molecule has 2 aromatic rings. The number of nitrogens with two attached hydrogens (primary N) is 1. The van der Waals surface area contributed by atoms with Crippen LogP contribution in [0, 0.1) is 12.7 Å². The molecule has 24 heavy (non-hydrogen) atoms. The quantitative estimate of drug-likeness (QED) is 0.858. The highest BCUT2D eigenvalue weighted by molar-refractivity contribution is 6.07. The van der Waals surface area contributed by atoms with Crippen molar-refractivity contribution in [3.63, 3.8) is 0 Å². The van der Waals surface area contributed by atoms with E-state index >= 15 is 0 Å². The van der Waals surface area contributed by atoms with Gasteiger partial charge >= 0.3 is 5.97 Å². The molecule has 4 heteroatoms. The van der Waals surface area contributed by atoms with Gasteiger partial charge in [0.15, 0.2) is 0 Å². The molecule has 0 amide bonds. The number of aryl methyl sites for hydroxylation is 1. The molecule has 0 bridgehead atoms. The molecular formula is C20H18FNO2. The Morgan fingerprint density at radius 3 is 2.50 bits per heavy atom. The lowest BCUT2D eigenvalue weighted by Crippen LogP contribution is -2.10. The number of benzene rings is 2. The van der Waals surface area contributed by atoms with Gasteiger partial charge in [0, 0.05) is 0 Å². The molecule has 0 fully saturated rings. The average Bonchev–Trinajstić information content (AvgIpc) is 2.82. The molecule has 0 aromatic heterocycles. The van der Waals surface area contributed by atoms with Crippen molar-refractivity contribution in [2.75, 3.05) is 0 Å². The van der Waals surface area contributed by atoms with E-state index in [1.807, 2.05) is 44.2 Å². The monoisotopic (exact) mass is 323 g/mol. The summed E-state index contributed by atoms with van der Waals surface area (Å²) in [6, 6.07) is 12.8. The molecule has 2 aromatic carbocycles. The molecule has 3 rings (SSSR count). The lowest BCUT2D eigenvalue weighted by molar-refractivity contribution is -0.142. The highest BCUT2D eigenvalue weighted by Crippen LogP contribution is 2.43. The van der Waals surface area contributed by atoms with Crippen LogP contribution in [0.3, 0.4) is 0 Å². The van der Waals surface area contributed by atoms with Crippen molar-refractivity contribution in [3.8, 4) is 0 Å². The predicted octanol–water partition coefficient (Wildman–Crippen LogP) is 4.27. The smallest absolute Gasteiger partial charge is 0.328 e. The van der Waals surface area contributed by atoms with Gasteiger partial charge in [-0.3, -0.25) is 4.79 Å². The van der Waals surface area contributed by atoms with Crippen LogP contribution in [0.2, 0.25) is 0 Å². The first kappa shape index (κ1) is 16.1. The fraction of sp³-hybridized carbons (Fsp3) is 0.150. The van der Waals surface area contributed by atoms with Crippen LogP contribution in [0.15, 0.2) is 48.0 Å². The highest BCUT2D eigenvalue weighted by Gasteiger charge is 2.26. The largest absolute Gasteiger partial charge is 0.373 e. The Kier molecular flexibility index (Phi) is 4.32. The van der Waals surface area contributed by atoms with Crippen LogP contribution in [0.1, 0.15) is 35.6 Å². The van der Waals surface area contributed by atoms with Crippen molar-refractivity contribution in [1.29, 1.82) is 0 Å². The summed E-state index contributed by atoms with van der Waals surface area (Å²) in [6.45, 7) is 3.96. The first-order valence-electron chi connectivity index (χ1n) is 7.68. The SMILES string of the molecule is CC1=C(CC(=O)ON)c2cc(F)ccc2/C1=C\c1ccc(C)cc1. The van der Waals surface area contributed by atoms with E-state index in [-0.39, 0.29) is 12.2 Å². The molecule has 0 aliphatic heterocycles. The lowest BCUT2D eigenvalue weighted by atomic mass is 10.00. The molecule has 0 saturated heterocycles. The second-order valence-corrected chi connectivity index (χ2v) is 5.93. The Morgan fingerprint density at radius 1 is 1.12 bits per heavy atom. The van der Waals surface area contributed by atoms with Crippen LogP contribution in [0.4, 0.5) is 4.39 Å². The maximum Gasteiger partial charge on any atom is 0.328 e. The molecule has 0 unspecified atom stereocenters. The van der Waals surface area contributed by atoms with Crippen LogP contribution in [0.5, 0.6) is 0 Å². The van der Waals surface area contributed by atoms with Gasteiger partial charge in [0.05, 0.1) is 6.42 Å². The lowest BCUT2D eigenvalue weighted by Gasteiger charge is -2.05. The van der Waals surface area contributed by atoms with Gasteiger partial charge in [0.25, 0.3) is 0 Å². The highest BCUT2D eigenvalue weighted by atomic mass is 19.1. The summed E-state index contributed by atoms with van der Waals surface area (Å²) >= 11 is 0. The molecule has 3 nitrogen and oxygen atoms in total. The van der Waals surface area contributed by atoms with Gasteiger partial charge in [-0.05, 0) is 65.5 Å². The molecule has 1 aliphatic carbocycles. The van der Waals surface area contributed by atoms with Gasteiger partial charge in [-0.2, -0.15) is 5.90 Å². The van der Waals surface area contributed by atoms with E-state index in [0.29, 0.717) is 0 Å². The first-order valence-corrected chi connectivity index (χ1v) is 7.68. The minimum Gasteiger partial charge on any atom is -0.373 e. The van der Waals surface area contributed by atoms with Gasteiger partial charge < -0.3 is 4.84 Å². The number of carbonyl (C=O) groups excluding carboxylic acids is 1. The third-order valence-electron chi connectivity index (χ3n) is 4.29. The van der Waals surface area contributed by atoms with E-state index in [1.165, 1.54) is 17.7 Å². The Bertz CT molecular complexity index is 864. The fourth-order valence-electron chi connectivity index (χ4n) is 3.00. The molecule has 1 aliphatic rings. The zero-order valence-corrected chi connectivity index (χ0v) is 13.6. The molecule has 0 radical (unpaired) electrons. The number of hydrogen-bond donors (Lipinski definition) is 1. The number of carbonyl (C=O) groups is 1. The first-order chi connectivity index (χ1) is 11.5. The summed E-state index contributed by atoms with van der Waals surface area (Å²) in [4.78, 5) is 15.9. The topological polar surface area (TPSA) is 52.3 Å². The number of allylic oxidation sites excluding steroid dienone is 2. The maximum atomic E-state index is 13.7. The molecule has 0 heterocycles. The standard InChI is InChI=1S/C20H18FNO2/c1-12-3-5-14(6-4-12)9-17-13(2)18(11-20(23)24-22)19-10-15(21)7-8-16(17)19/h3-10H,11,22H2,1-2H3/b17-9-. The molecule has 0 saturated carbocycles. The van der Waals surface area contributed by atoms with Crippen molar-refractivity contribution >= 4 is 23.2 Å². The number of halogens is 1. The minimum atomic E-state index is -0.545. The van der Waals surface area contributed by atoms with Gasteiger partial charge in [-0.25, -0.2) is 4.39 Å². The molecular weight excluding hydrogens is 305 g/mol. The van der Waals surface area contributed by atoms with Crippen LogP contribution in [0.25, 0.3) is 17.2 Å². The van der Waals surface area contributed by atoms with Crippen molar-refractivity contribution in [3.05, 3.63) is 76.1 Å². The average molecular weight is 323 g/mol. The van der Waals surface area contributed by atoms with Crippen LogP contribution in [-0.2, 0) is 9.63 Å². The zero-order chi connectivity index (χ0) is 17.3. The summed E-state index contributed by atoms with van der Waals surface area (Å²) in [5.41, 5.74) is 6.52. The second-order valence-electron chi connectivity index (χ2n) is 5.93.